The van der Waals surface area contributed by atoms with Crippen molar-refractivity contribution in [2.45, 2.75) is 38.0 Å². The molecule has 2 aliphatic heterocycles. The molecule has 1 fully saturated rings. The highest BCUT2D eigenvalue weighted by atomic mass is 32.2. The fourth-order valence-electron chi connectivity index (χ4n) is 3.43. The first-order valence-electron chi connectivity index (χ1n) is 8.91. The number of amides is 1. The molecule has 7 heteroatoms. The average Bonchev–Trinajstić information content (AvgIpc) is 3.05. The van der Waals surface area contributed by atoms with E-state index in [9.17, 15) is 4.79 Å². The van der Waals surface area contributed by atoms with Gasteiger partial charge in [-0.15, -0.1) is 11.3 Å². The van der Waals surface area contributed by atoms with Crippen LogP contribution in [0.1, 0.15) is 30.7 Å². The Balaban J connectivity index is 1.46. The van der Waals surface area contributed by atoms with E-state index in [2.05, 4.69) is 40.5 Å². The maximum atomic E-state index is 12.5. The number of thiophene rings is 1. The van der Waals surface area contributed by atoms with E-state index in [-0.39, 0.29) is 10.7 Å². The van der Waals surface area contributed by atoms with E-state index in [0.29, 0.717) is 13.0 Å². The number of rotatable bonds is 3. The van der Waals surface area contributed by atoms with Gasteiger partial charge in [0.1, 0.15) is 0 Å². The third-order valence-electron chi connectivity index (χ3n) is 4.72. The molecule has 1 amide bonds. The molecule has 0 saturated carbocycles. The smallest absolute Gasteiger partial charge is 0.224 e. The van der Waals surface area contributed by atoms with Gasteiger partial charge in [0.15, 0.2) is 5.96 Å². The molecule has 0 aromatic carbocycles. The summed E-state index contributed by atoms with van der Waals surface area (Å²) in [7, 11) is 1.82. The molecule has 1 N–H and O–H groups in total. The lowest BCUT2D eigenvalue weighted by molar-refractivity contribution is -0.131. The summed E-state index contributed by atoms with van der Waals surface area (Å²) in [5.74, 6) is 2.26. The zero-order chi connectivity index (χ0) is 17.9. The highest BCUT2D eigenvalue weighted by Crippen LogP contribution is 2.29. The number of carbonyl (C=O) groups excluding carboxylic acids is 1. The van der Waals surface area contributed by atoms with E-state index < -0.39 is 0 Å². The van der Waals surface area contributed by atoms with Gasteiger partial charge in [-0.3, -0.25) is 9.79 Å². The van der Waals surface area contributed by atoms with E-state index in [1.54, 1.807) is 11.3 Å². The lowest BCUT2D eigenvalue weighted by Crippen LogP contribution is -2.51. The van der Waals surface area contributed by atoms with E-state index in [4.69, 9.17) is 0 Å². The molecule has 0 aliphatic carbocycles. The first-order chi connectivity index (χ1) is 12.0. The second-order valence-electron chi connectivity index (χ2n) is 7.19. The Morgan fingerprint density at radius 2 is 2.20 bits per heavy atom. The summed E-state index contributed by atoms with van der Waals surface area (Å²) in [6.45, 7) is 8.80. The number of hydrogen-bond acceptors (Lipinski definition) is 4. The number of aliphatic imine (C=N–C) groups is 1. The van der Waals surface area contributed by atoms with E-state index >= 15 is 0 Å². The molecule has 25 heavy (non-hydrogen) atoms. The fourth-order valence-corrected chi connectivity index (χ4v) is 5.43. The number of nitrogens with zero attached hydrogens (tertiary/aromatic N) is 3. The number of nitrogens with one attached hydrogen (secondary N) is 1. The zero-order valence-corrected chi connectivity index (χ0v) is 17.0. The SMILES string of the molecule is CN=C(NCCC(=O)N1CCc2sccc2C1)N1CCSC(C)(C)C1. The Morgan fingerprint density at radius 3 is 2.96 bits per heavy atom. The van der Waals surface area contributed by atoms with Gasteiger partial charge in [-0.1, -0.05) is 0 Å². The third-order valence-corrected chi connectivity index (χ3v) is 7.04. The largest absolute Gasteiger partial charge is 0.356 e. The van der Waals surface area contributed by atoms with E-state index in [1.807, 2.05) is 23.7 Å². The summed E-state index contributed by atoms with van der Waals surface area (Å²) in [5, 5.41) is 5.51. The Hall–Kier alpha value is -1.21. The number of thioether (sulfide) groups is 1. The molecule has 138 valence electrons. The Bertz CT molecular complexity index is 641. The van der Waals surface area contributed by atoms with Gasteiger partial charge in [-0.2, -0.15) is 11.8 Å². The monoisotopic (exact) mass is 380 g/mol. The maximum absolute atomic E-state index is 12.5. The van der Waals surface area contributed by atoms with E-state index in [0.717, 1.165) is 44.3 Å². The van der Waals surface area contributed by atoms with Crippen LogP contribution in [0.15, 0.2) is 16.4 Å². The molecule has 1 aromatic heterocycles. The Morgan fingerprint density at radius 1 is 1.36 bits per heavy atom. The highest BCUT2D eigenvalue weighted by molar-refractivity contribution is 8.00. The van der Waals surface area contributed by atoms with Gasteiger partial charge in [-0.05, 0) is 37.3 Å². The Labute approximate surface area is 158 Å². The molecule has 1 saturated heterocycles. The minimum atomic E-state index is 0.231. The lowest BCUT2D eigenvalue weighted by Gasteiger charge is -2.39. The van der Waals surface area contributed by atoms with Gasteiger partial charge in [-0.25, -0.2) is 0 Å². The van der Waals surface area contributed by atoms with Crippen LogP contribution in [0, 0.1) is 0 Å². The molecule has 2 aliphatic rings. The Kier molecular flexibility index (Phi) is 5.94. The van der Waals surface area contributed by atoms with Crippen molar-refractivity contribution in [1.82, 2.24) is 15.1 Å². The normalized spacial score (nSPS) is 20.4. The van der Waals surface area contributed by atoms with Crippen molar-refractivity contribution < 1.29 is 4.79 Å². The molecule has 0 radical (unpaired) electrons. The van der Waals surface area contributed by atoms with Crippen molar-refractivity contribution >= 4 is 35.0 Å². The molecule has 3 rings (SSSR count). The van der Waals surface area contributed by atoms with Gasteiger partial charge in [0.05, 0.1) is 0 Å². The van der Waals surface area contributed by atoms with Crippen LogP contribution in [-0.4, -0.2) is 65.4 Å². The standard InChI is InChI=1S/C18H28N4OS2/c1-18(2)13-22(9-11-25-18)17(19-3)20-7-4-16(23)21-8-5-15-14(12-21)6-10-24-15/h6,10H,4-5,7-9,11-13H2,1-3H3,(H,19,20). The van der Waals surface area contributed by atoms with Gasteiger partial charge in [0.25, 0.3) is 0 Å². The molecule has 0 unspecified atom stereocenters. The molecule has 0 atom stereocenters. The van der Waals surface area contributed by atoms with Crippen molar-refractivity contribution in [3.63, 3.8) is 0 Å². The minimum absolute atomic E-state index is 0.231. The third kappa shape index (κ3) is 4.70. The highest BCUT2D eigenvalue weighted by Gasteiger charge is 2.28. The van der Waals surface area contributed by atoms with Crippen LogP contribution in [0.5, 0.6) is 0 Å². The zero-order valence-electron chi connectivity index (χ0n) is 15.4. The van der Waals surface area contributed by atoms with Crippen LogP contribution in [0.2, 0.25) is 0 Å². The summed E-state index contributed by atoms with van der Waals surface area (Å²) in [6, 6.07) is 2.15. The lowest BCUT2D eigenvalue weighted by atomic mass is 10.1. The number of carbonyl (C=O) groups is 1. The predicted molar refractivity (Wildman–Crippen MR) is 108 cm³/mol. The van der Waals surface area contributed by atoms with Crippen molar-refractivity contribution in [3.8, 4) is 0 Å². The van der Waals surface area contributed by atoms with Crippen LogP contribution in [0.3, 0.4) is 0 Å². The van der Waals surface area contributed by atoms with Crippen LogP contribution in [-0.2, 0) is 17.8 Å². The number of hydrogen-bond donors (Lipinski definition) is 1. The van der Waals surface area contributed by atoms with Crippen molar-refractivity contribution in [2.75, 3.05) is 39.0 Å². The molecule has 0 spiro atoms. The van der Waals surface area contributed by atoms with Crippen LogP contribution >= 0.6 is 23.1 Å². The first kappa shape index (κ1) is 18.6. The summed E-state index contributed by atoms with van der Waals surface area (Å²) >= 11 is 3.82. The summed E-state index contributed by atoms with van der Waals surface area (Å²) in [6.07, 6.45) is 1.51. The van der Waals surface area contributed by atoms with Crippen molar-refractivity contribution in [1.29, 1.82) is 0 Å². The van der Waals surface area contributed by atoms with Gasteiger partial charge >= 0.3 is 0 Å². The number of guanidine groups is 1. The predicted octanol–water partition coefficient (Wildman–Crippen LogP) is 2.43. The summed E-state index contributed by atoms with van der Waals surface area (Å²) in [4.78, 5) is 22.6. The molecule has 3 heterocycles. The average molecular weight is 381 g/mol. The fraction of sp³-hybridized carbons (Fsp3) is 0.667. The summed E-state index contributed by atoms with van der Waals surface area (Å²) < 4.78 is 0.248. The molecule has 5 nitrogen and oxygen atoms in total. The first-order valence-corrected chi connectivity index (χ1v) is 10.8. The van der Waals surface area contributed by atoms with Gasteiger partial charge in [0, 0.05) is 61.6 Å². The van der Waals surface area contributed by atoms with Crippen LogP contribution < -0.4 is 5.32 Å². The minimum Gasteiger partial charge on any atom is -0.356 e. The topological polar surface area (TPSA) is 47.9 Å². The van der Waals surface area contributed by atoms with Crippen LogP contribution in [0.4, 0.5) is 0 Å². The van der Waals surface area contributed by atoms with Crippen LogP contribution in [0.25, 0.3) is 0 Å². The van der Waals surface area contributed by atoms with Gasteiger partial charge < -0.3 is 15.1 Å². The van der Waals surface area contributed by atoms with E-state index in [1.165, 1.54) is 10.4 Å². The second-order valence-corrected chi connectivity index (χ2v) is 9.99. The van der Waals surface area contributed by atoms with Gasteiger partial charge in [0.2, 0.25) is 5.91 Å². The quantitative estimate of drug-likeness (QED) is 0.646. The maximum Gasteiger partial charge on any atom is 0.224 e. The summed E-state index contributed by atoms with van der Waals surface area (Å²) in [5.41, 5.74) is 1.32. The molecule has 1 aromatic rings. The molecular weight excluding hydrogens is 352 g/mol. The van der Waals surface area contributed by atoms with Crippen molar-refractivity contribution in [3.05, 3.63) is 21.9 Å². The molecular formula is C18H28N4OS2. The molecule has 0 bridgehead atoms. The second kappa shape index (κ2) is 7.99. The number of fused-ring (bicyclic) bond motifs is 1. The van der Waals surface area contributed by atoms with Crippen molar-refractivity contribution in [2.24, 2.45) is 4.99 Å².